The molecule has 1 N–H and O–H groups in total. The number of amides is 1. The van der Waals surface area contributed by atoms with Crippen LogP contribution in [0.15, 0.2) is 12.1 Å². The monoisotopic (exact) mass is 310 g/mol. The standard InChI is InChI=1S/C15H22N2OS2/c1-9-4-7-13(20-9)14-16-10(2)15(18)17(14)11-5-6-12(8-11)19-3/h4,7,10-12,14,16H,5-6,8H2,1-3H3. The molecular weight excluding hydrogens is 288 g/mol. The van der Waals surface area contributed by atoms with Gasteiger partial charge in [0, 0.05) is 21.0 Å². The lowest BCUT2D eigenvalue weighted by Crippen LogP contribution is -2.38. The Labute approximate surface area is 129 Å². The van der Waals surface area contributed by atoms with Crippen LogP contribution in [0, 0.1) is 6.92 Å². The molecule has 2 fully saturated rings. The van der Waals surface area contributed by atoms with Crippen LogP contribution in [0.4, 0.5) is 0 Å². The number of nitrogens with one attached hydrogen (secondary N) is 1. The Morgan fingerprint density at radius 3 is 2.80 bits per heavy atom. The molecular formula is C15H22N2OS2. The molecule has 1 aromatic heterocycles. The maximum absolute atomic E-state index is 12.5. The van der Waals surface area contributed by atoms with Gasteiger partial charge in [-0.15, -0.1) is 11.3 Å². The van der Waals surface area contributed by atoms with Gasteiger partial charge >= 0.3 is 0 Å². The minimum atomic E-state index is -0.0595. The number of hydrogen-bond donors (Lipinski definition) is 1. The summed E-state index contributed by atoms with van der Waals surface area (Å²) in [5.41, 5.74) is 0. The second-order valence-electron chi connectivity index (χ2n) is 5.81. The maximum atomic E-state index is 12.5. The predicted octanol–water partition coefficient (Wildman–Crippen LogP) is 3.16. The number of carbonyl (C=O) groups excluding carboxylic acids is 1. The zero-order chi connectivity index (χ0) is 14.3. The molecule has 1 aliphatic carbocycles. The maximum Gasteiger partial charge on any atom is 0.241 e. The first-order valence-corrected chi connectivity index (χ1v) is 9.38. The molecule has 1 aliphatic heterocycles. The van der Waals surface area contributed by atoms with Gasteiger partial charge in [-0.05, 0) is 51.5 Å². The average Bonchev–Trinajstić information content (AvgIpc) is 3.11. The molecule has 2 aliphatic rings. The molecule has 0 bridgehead atoms. The van der Waals surface area contributed by atoms with Crippen molar-refractivity contribution in [3.8, 4) is 0 Å². The Hall–Kier alpha value is -0.520. The largest absolute Gasteiger partial charge is 0.318 e. The van der Waals surface area contributed by atoms with Gasteiger partial charge in [-0.2, -0.15) is 11.8 Å². The molecule has 5 heteroatoms. The van der Waals surface area contributed by atoms with Gasteiger partial charge in [0.15, 0.2) is 0 Å². The molecule has 1 saturated carbocycles. The van der Waals surface area contributed by atoms with Crippen LogP contribution in [0.1, 0.15) is 42.1 Å². The third-order valence-corrected chi connectivity index (χ3v) is 6.57. The Kier molecular flexibility index (Phi) is 4.11. The molecule has 4 atom stereocenters. The number of rotatable bonds is 3. The minimum absolute atomic E-state index is 0.0595. The molecule has 2 heterocycles. The molecule has 20 heavy (non-hydrogen) atoms. The van der Waals surface area contributed by atoms with Crippen molar-refractivity contribution in [2.75, 3.05) is 6.26 Å². The predicted molar refractivity (Wildman–Crippen MR) is 86.2 cm³/mol. The van der Waals surface area contributed by atoms with E-state index in [0.717, 1.165) is 18.1 Å². The summed E-state index contributed by atoms with van der Waals surface area (Å²) in [5, 5.41) is 4.19. The number of thiophene rings is 1. The van der Waals surface area contributed by atoms with E-state index in [0.29, 0.717) is 6.04 Å². The van der Waals surface area contributed by atoms with Crippen LogP contribution in [0.2, 0.25) is 0 Å². The average molecular weight is 310 g/mol. The van der Waals surface area contributed by atoms with Crippen LogP contribution in [0.5, 0.6) is 0 Å². The van der Waals surface area contributed by atoms with Gasteiger partial charge in [-0.1, -0.05) is 0 Å². The highest BCUT2D eigenvalue weighted by Gasteiger charge is 2.43. The van der Waals surface area contributed by atoms with Gasteiger partial charge in [0.05, 0.1) is 6.04 Å². The van der Waals surface area contributed by atoms with Crippen LogP contribution in [-0.2, 0) is 4.79 Å². The summed E-state index contributed by atoms with van der Waals surface area (Å²) in [7, 11) is 0. The van der Waals surface area contributed by atoms with Crippen molar-refractivity contribution in [3.05, 3.63) is 21.9 Å². The van der Waals surface area contributed by atoms with Crippen molar-refractivity contribution in [1.29, 1.82) is 0 Å². The van der Waals surface area contributed by atoms with E-state index in [1.54, 1.807) is 11.3 Å². The third kappa shape index (κ3) is 2.51. The molecule has 3 nitrogen and oxygen atoms in total. The first-order chi connectivity index (χ1) is 9.60. The lowest BCUT2D eigenvalue weighted by molar-refractivity contribution is -0.131. The lowest BCUT2D eigenvalue weighted by Gasteiger charge is -2.29. The first-order valence-electron chi connectivity index (χ1n) is 7.27. The lowest BCUT2D eigenvalue weighted by atomic mass is 10.2. The highest BCUT2D eigenvalue weighted by atomic mass is 32.2. The molecule has 110 valence electrons. The fraction of sp³-hybridized carbons (Fsp3) is 0.667. The summed E-state index contributed by atoms with van der Waals surface area (Å²) in [5.74, 6) is 0.271. The fourth-order valence-electron chi connectivity index (χ4n) is 3.33. The zero-order valence-electron chi connectivity index (χ0n) is 12.3. The van der Waals surface area contributed by atoms with Gasteiger partial charge in [0.2, 0.25) is 5.91 Å². The highest BCUT2D eigenvalue weighted by Crippen LogP contribution is 2.39. The van der Waals surface area contributed by atoms with Crippen molar-refractivity contribution in [2.24, 2.45) is 0 Å². The van der Waals surface area contributed by atoms with Crippen molar-refractivity contribution < 1.29 is 4.79 Å². The second kappa shape index (κ2) is 5.70. The normalized spacial score (nSPS) is 34.1. The first kappa shape index (κ1) is 14.4. The van der Waals surface area contributed by atoms with E-state index in [1.165, 1.54) is 16.2 Å². The summed E-state index contributed by atoms with van der Waals surface area (Å²) >= 11 is 3.74. The van der Waals surface area contributed by atoms with E-state index in [-0.39, 0.29) is 18.1 Å². The summed E-state index contributed by atoms with van der Waals surface area (Å²) in [6, 6.07) is 4.66. The summed E-state index contributed by atoms with van der Waals surface area (Å²) in [6.07, 6.45) is 5.79. The molecule has 1 aromatic rings. The van der Waals surface area contributed by atoms with Gasteiger partial charge in [0.25, 0.3) is 0 Å². The van der Waals surface area contributed by atoms with Gasteiger partial charge in [-0.3, -0.25) is 10.1 Å². The van der Waals surface area contributed by atoms with Crippen molar-refractivity contribution >= 4 is 29.0 Å². The van der Waals surface area contributed by atoms with Crippen molar-refractivity contribution in [3.63, 3.8) is 0 Å². The Balaban J connectivity index is 1.83. The van der Waals surface area contributed by atoms with E-state index >= 15 is 0 Å². The molecule has 3 rings (SSSR count). The van der Waals surface area contributed by atoms with Crippen LogP contribution < -0.4 is 5.32 Å². The fourth-order valence-corrected chi connectivity index (χ4v) is 5.06. The number of hydrogen-bond acceptors (Lipinski definition) is 4. The summed E-state index contributed by atoms with van der Waals surface area (Å²) < 4.78 is 0. The molecule has 1 saturated heterocycles. The number of nitrogens with zero attached hydrogens (tertiary/aromatic N) is 1. The molecule has 4 unspecified atom stereocenters. The Bertz CT molecular complexity index is 502. The van der Waals surface area contributed by atoms with Crippen LogP contribution in [0.3, 0.4) is 0 Å². The molecule has 0 radical (unpaired) electrons. The molecule has 0 aromatic carbocycles. The molecule has 1 amide bonds. The van der Waals surface area contributed by atoms with E-state index in [4.69, 9.17) is 0 Å². The van der Waals surface area contributed by atoms with E-state index in [1.807, 2.05) is 18.7 Å². The summed E-state index contributed by atoms with van der Waals surface area (Å²) in [4.78, 5) is 17.2. The third-order valence-electron chi connectivity index (χ3n) is 4.43. The van der Waals surface area contributed by atoms with E-state index in [9.17, 15) is 4.79 Å². The number of thioether (sulfide) groups is 1. The Morgan fingerprint density at radius 2 is 2.20 bits per heavy atom. The van der Waals surface area contributed by atoms with Gasteiger partial charge in [-0.25, -0.2) is 0 Å². The van der Waals surface area contributed by atoms with Crippen LogP contribution in [-0.4, -0.2) is 34.4 Å². The smallest absolute Gasteiger partial charge is 0.241 e. The van der Waals surface area contributed by atoms with E-state index in [2.05, 4.69) is 35.5 Å². The van der Waals surface area contributed by atoms with Crippen molar-refractivity contribution in [2.45, 2.75) is 56.6 Å². The SMILES string of the molecule is CSC1CCC(N2C(=O)C(C)NC2c2ccc(C)s2)C1. The number of carbonyl (C=O) groups is 1. The van der Waals surface area contributed by atoms with Crippen LogP contribution in [0.25, 0.3) is 0 Å². The quantitative estimate of drug-likeness (QED) is 0.931. The van der Waals surface area contributed by atoms with Crippen LogP contribution >= 0.6 is 23.1 Å². The van der Waals surface area contributed by atoms with E-state index < -0.39 is 0 Å². The topological polar surface area (TPSA) is 32.3 Å². The number of aryl methyl sites for hydroxylation is 1. The van der Waals surface area contributed by atoms with Crippen molar-refractivity contribution in [1.82, 2.24) is 10.2 Å². The molecule has 0 spiro atoms. The summed E-state index contributed by atoms with van der Waals surface area (Å²) in [6.45, 7) is 4.11. The van der Waals surface area contributed by atoms with Gasteiger partial charge in [0.1, 0.15) is 6.17 Å². The Morgan fingerprint density at radius 1 is 1.40 bits per heavy atom. The van der Waals surface area contributed by atoms with Gasteiger partial charge < -0.3 is 4.90 Å². The minimum Gasteiger partial charge on any atom is -0.318 e. The second-order valence-corrected chi connectivity index (χ2v) is 8.27. The highest BCUT2D eigenvalue weighted by molar-refractivity contribution is 7.99. The zero-order valence-corrected chi connectivity index (χ0v) is 13.9.